The molecule has 7 heteroatoms. The third kappa shape index (κ3) is 5.74. The van der Waals surface area contributed by atoms with Crippen molar-refractivity contribution in [3.8, 4) is 11.4 Å². The van der Waals surface area contributed by atoms with Gasteiger partial charge >= 0.3 is 0 Å². The lowest BCUT2D eigenvalue weighted by atomic mass is 10.1. The van der Waals surface area contributed by atoms with E-state index >= 15 is 0 Å². The van der Waals surface area contributed by atoms with Crippen molar-refractivity contribution in [2.45, 2.75) is 31.7 Å². The average molecular weight is 488 g/mol. The van der Waals surface area contributed by atoms with E-state index < -0.39 is 0 Å². The standard InChI is InChI=1S/C28H29N3O3S/c1-18(2)16-29-26(32)21-8-13-24-25(15-21)30-28(35-17-20-7-5-6-19(3)14-20)31(27(24)33)22-9-11-23(34-4)12-10-22/h5-15,18H,16-17H2,1-4H3,(H,29,32). The fourth-order valence-corrected chi connectivity index (χ4v) is 4.67. The molecule has 0 aliphatic heterocycles. The van der Waals surface area contributed by atoms with Gasteiger partial charge < -0.3 is 10.1 Å². The van der Waals surface area contributed by atoms with Gasteiger partial charge in [0.15, 0.2) is 5.16 Å². The first-order valence-corrected chi connectivity index (χ1v) is 12.5. The summed E-state index contributed by atoms with van der Waals surface area (Å²) in [6.45, 7) is 6.73. The summed E-state index contributed by atoms with van der Waals surface area (Å²) in [4.78, 5) is 31.1. The first kappa shape index (κ1) is 24.5. The highest BCUT2D eigenvalue weighted by atomic mass is 32.2. The number of rotatable bonds is 8. The van der Waals surface area contributed by atoms with Crippen molar-refractivity contribution < 1.29 is 9.53 Å². The molecule has 4 aromatic rings. The Morgan fingerprint density at radius 2 is 1.86 bits per heavy atom. The number of carbonyl (C=O) groups is 1. The largest absolute Gasteiger partial charge is 0.497 e. The van der Waals surface area contributed by atoms with Gasteiger partial charge in [0.2, 0.25) is 0 Å². The number of ether oxygens (including phenoxy) is 1. The summed E-state index contributed by atoms with van der Waals surface area (Å²) in [6.07, 6.45) is 0. The van der Waals surface area contributed by atoms with Crippen LogP contribution in [0, 0.1) is 12.8 Å². The molecule has 0 atom stereocenters. The molecular formula is C28H29N3O3S. The molecule has 4 rings (SSSR count). The summed E-state index contributed by atoms with van der Waals surface area (Å²) >= 11 is 1.49. The maximum absolute atomic E-state index is 13.6. The van der Waals surface area contributed by atoms with Crippen LogP contribution in [0.2, 0.25) is 0 Å². The quantitative estimate of drug-likeness (QED) is 0.267. The molecule has 1 N–H and O–H groups in total. The number of nitrogens with one attached hydrogen (secondary N) is 1. The highest BCUT2D eigenvalue weighted by molar-refractivity contribution is 7.98. The van der Waals surface area contributed by atoms with Gasteiger partial charge in [0.05, 0.1) is 23.7 Å². The molecule has 35 heavy (non-hydrogen) atoms. The molecule has 0 saturated carbocycles. The van der Waals surface area contributed by atoms with Gasteiger partial charge in [-0.3, -0.25) is 14.2 Å². The molecule has 180 valence electrons. The summed E-state index contributed by atoms with van der Waals surface area (Å²) in [6, 6.07) is 20.7. The first-order chi connectivity index (χ1) is 16.9. The van der Waals surface area contributed by atoms with Crippen LogP contribution < -0.4 is 15.6 Å². The number of aromatic nitrogens is 2. The highest BCUT2D eigenvalue weighted by Gasteiger charge is 2.16. The molecule has 1 aromatic heterocycles. The van der Waals surface area contributed by atoms with E-state index in [0.717, 1.165) is 5.56 Å². The van der Waals surface area contributed by atoms with Crippen LogP contribution in [0.15, 0.2) is 76.7 Å². The second kappa shape index (κ2) is 10.8. The van der Waals surface area contributed by atoms with Gasteiger partial charge in [-0.1, -0.05) is 55.4 Å². The summed E-state index contributed by atoms with van der Waals surface area (Å²) < 4.78 is 6.90. The summed E-state index contributed by atoms with van der Waals surface area (Å²) in [5.74, 6) is 1.54. The van der Waals surface area contributed by atoms with Crippen molar-refractivity contribution in [1.29, 1.82) is 0 Å². The minimum absolute atomic E-state index is 0.171. The number of aryl methyl sites for hydroxylation is 1. The lowest BCUT2D eigenvalue weighted by Gasteiger charge is -2.14. The average Bonchev–Trinajstić information content (AvgIpc) is 2.86. The van der Waals surface area contributed by atoms with E-state index in [0.29, 0.717) is 51.3 Å². The Kier molecular flexibility index (Phi) is 7.56. The number of benzene rings is 3. The van der Waals surface area contributed by atoms with E-state index in [1.807, 2.05) is 44.2 Å². The fraction of sp³-hybridized carbons (Fsp3) is 0.250. The normalized spacial score (nSPS) is 11.1. The summed E-state index contributed by atoms with van der Waals surface area (Å²) in [7, 11) is 1.61. The summed E-state index contributed by atoms with van der Waals surface area (Å²) in [5.41, 5.74) is 3.84. The number of fused-ring (bicyclic) bond motifs is 1. The number of hydrogen-bond acceptors (Lipinski definition) is 5. The number of thioether (sulfide) groups is 1. The Labute approximate surface area is 209 Å². The smallest absolute Gasteiger partial charge is 0.266 e. The molecule has 0 spiro atoms. The monoisotopic (exact) mass is 487 g/mol. The molecule has 3 aromatic carbocycles. The minimum Gasteiger partial charge on any atom is -0.497 e. The van der Waals surface area contributed by atoms with E-state index in [9.17, 15) is 9.59 Å². The predicted octanol–water partition coefficient (Wildman–Crippen LogP) is 5.38. The van der Waals surface area contributed by atoms with Gasteiger partial charge in [-0.05, 0) is 60.9 Å². The zero-order valence-electron chi connectivity index (χ0n) is 20.4. The topological polar surface area (TPSA) is 73.2 Å². The Morgan fingerprint density at radius 1 is 1.09 bits per heavy atom. The van der Waals surface area contributed by atoms with Crippen LogP contribution in [0.5, 0.6) is 5.75 Å². The Hall–Kier alpha value is -3.58. The zero-order chi connectivity index (χ0) is 24.9. The van der Waals surface area contributed by atoms with Crippen molar-refractivity contribution in [2.75, 3.05) is 13.7 Å². The van der Waals surface area contributed by atoms with E-state index in [1.54, 1.807) is 29.9 Å². The van der Waals surface area contributed by atoms with Gasteiger partial charge in [0.1, 0.15) is 5.75 Å². The lowest BCUT2D eigenvalue weighted by Crippen LogP contribution is -2.27. The van der Waals surface area contributed by atoms with Crippen molar-refractivity contribution in [2.24, 2.45) is 5.92 Å². The highest BCUT2D eigenvalue weighted by Crippen LogP contribution is 2.26. The fourth-order valence-electron chi connectivity index (χ4n) is 3.71. The van der Waals surface area contributed by atoms with Crippen LogP contribution in [-0.4, -0.2) is 29.1 Å². The summed E-state index contributed by atoms with van der Waals surface area (Å²) in [5, 5.41) is 3.95. The molecule has 0 unspecified atom stereocenters. The van der Waals surface area contributed by atoms with E-state index in [-0.39, 0.29) is 11.5 Å². The van der Waals surface area contributed by atoms with Crippen LogP contribution in [-0.2, 0) is 5.75 Å². The van der Waals surface area contributed by atoms with Gasteiger partial charge in [0.25, 0.3) is 11.5 Å². The maximum atomic E-state index is 13.6. The first-order valence-electron chi connectivity index (χ1n) is 11.5. The Bertz CT molecular complexity index is 1410. The van der Waals surface area contributed by atoms with E-state index in [4.69, 9.17) is 9.72 Å². The van der Waals surface area contributed by atoms with Crippen molar-refractivity contribution in [3.63, 3.8) is 0 Å². The van der Waals surface area contributed by atoms with Crippen molar-refractivity contribution >= 4 is 28.6 Å². The van der Waals surface area contributed by atoms with Gasteiger partial charge in [-0.25, -0.2) is 4.98 Å². The number of nitrogens with zero attached hydrogens (tertiary/aromatic N) is 2. The Balaban J connectivity index is 1.79. The molecule has 1 amide bonds. The van der Waals surface area contributed by atoms with Crippen LogP contribution >= 0.6 is 11.8 Å². The minimum atomic E-state index is -0.180. The van der Waals surface area contributed by atoms with Gasteiger partial charge in [0, 0.05) is 17.9 Å². The number of carbonyl (C=O) groups excluding carboxylic acids is 1. The lowest BCUT2D eigenvalue weighted by molar-refractivity contribution is 0.0949. The number of hydrogen-bond donors (Lipinski definition) is 1. The zero-order valence-corrected chi connectivity index (χ0v) is 21.2. The molecule has 0 bridgehead atoms. The molecule has 0 aliphatic rings. The Morgan fingerprint density at radius 3 is 2.54 bits per heavy atom. The van der Waals surface area contributed by atoms with Gasteiger partial charge in [-0.2, -0.15) is 0 Å². The SMILES string of the molecule is COc1ccc(-n2c(SCc3cccc(C)c3)nc3cc(C(=O)NCC(C)C)ccc3c2=O)cc1. The van der Waals surface area contributed by atoms with E-state index in [1.165, 1.54) is 17.3 Å². The molecular weight excluding hydrogens is 458 g/mol. The van der Waals surface area contributed by atoms with Crippen LogP contribution in [0.3, 0.4) is 0 Å². The van der Waals surface area contributed by atoms with Gasteiger partial charge in [-0.15, -0.1) is 0 Å². The number of methoxy groups -OCH3 is 1. The van der Waals surface area contributed by atoms with Crippen LogP contribution in [0.4, 0.5) is 0 Å². The van der Waals surface area contributed by atoms with E-state index in [2.05, 4.69) is 30.4 Å². The molecule has 6 nitrogen and oxygen atoms in total. The van der Waals surface area contributed by atoms with Crippen molar-refractivity contribution in [3.05, 3.63) is 93.8 Å². The van der Waals surface area contributed by atoms with Crippen molar-refractivity contribution in [1.82, 2.24) is 14.9 Å². The maximum Gasteiger partial charge on any atom is 0.266 e. The molecule has 0 radical (unpaired) electrons. The molecule has 0 saturated heterocycles. The van der Waals surface area contributed by atoms with Crippen LogP contribution in [0.25, 0.3) is 16.6 Å². The van der Waals surface area contributed by atoms with Crippen LogP contribution in [0.1, 0.15) is 35.3 Å². The predicted molar refractivity (Wildman–Crippen MR) is 142 cm³/mol. The molecule has 0 fully saturated rings. The molecule has 1 heterocycles. The second-order valence-electron chi connectivity index (χ2n) is 8.85. The number of amides is 1. The third-order valence-electron chi connectivity index (χ3n) is 5.55. The third-order valence-corrected chi connectivity index (χ3v) is 6.56. The molecule has 0 aliphatic carbocycles. The second-order valence-corrected chi connectivity index (χ2v) is 9.79.